The van der Waals surface area contributed by atoms with E-state index in [9.17, 15) is 13.2 Å². The standard InChI is InChI=1S/C19H18N2O3S2/c1-26(23,24)16-10-8-15(9-11-16)17-13-25-19(20-17)21-18(22)12-7-14-5-3-2-4-6-14/h2-6,8-11,13H,7,12H2,1H3,(H,20,21,22). The molecule has 1 N–H and O–H groups in total. The number of nitrogens with one attached hydrogen (secondary N) is 1. The Labute approximate surface area is 156 Å². The molecule has 0 spiro atoms. The fraction of sp³-hybridized carbons (Fsp3) is 0.158. The number of carbonyl (C=O) groups is 1. The molecule has 5 nitrogen and oxygen atoms in total. The Kier molecular flexibility index (Phi) is 5.49. The molecular formula is C19H18N2O3S2. The van der Waals surface area contributed by atoms with Crippen LogP contribution in [0.4, 0.5) is 5.13 Å². The van der Waals surface area contributed by atoms with Gasteiger partial charge in [-0.2, -0.15) is 0 Å². The Morgan fingerprint density at radius 3 is 2.42 bits per heavy atom. The van der Waals surface area contributed by atoms with Gasteiger partial charge in [-0.25, -0.2) is 13.4 Å². The number of carbonyl (C=O) groups excluding carboxylic acids is 1. The third-order valence-corrected chi connectivity index (χ3v) is 5.70. The number of hydrogen-bond donors (Lipinski definition) is 1. The zero-order chi connectivity index (χ0) is 18.6. The monoisotopic (exact) mass is 386 g/mol. The number of nitrogens with zero attached hydrogens (tertiary/aromatic N) is 1. The number of sulfone groups is 1. The smallest absolute Gasteiger partial charge is 0.226 e. The van der Waals surface area contributed by atoms with Crippen molar-refractivity contribution in [2.24, 2.45) is 0 Å². The van der Waals surface area contributed by atoms with Gasteiger partial charge in [0.05, 0.1) is 10.6 Å². The molecular weight excluding hydrogens is 368 g/mol. The van der Waals surface area contributed by atoms with Gasteiger partial charge in [-0.15, -0.1) is 11.3 Å². The lowest BCUT2D eigenvalue weighted by atomic mass is 10.1. The first kappa shape index (κ1) is 18.3. The third kappa shape index (κ3) is 4.77. The average Bonchev–Trinajstić information content (AvgIpc) is 3.09. The summed E-state index contributed by atoms with van der Waals surface area (Å²) in [4.78, 5) is 16.7. The van der Waals surface area contributed by atoms with Gasteiger partial charge in [0, 0.05) is 23.6 Å². The maximum atomic E-state index is 12.1. The molecule has 1 aromatic heterocycles. The number of thiazole rings is 1. The zero-order valence-corrected chi connectivity index (χ0v) is 15.8. The van der Waals surface area contributed by atoms with Crippen molar-refractivity contribution in [2.45, 2.75) is 17.7 Å². The lowest BCUT2D eigenvalue weighted by Crippen LogP contribution is -2.12. The Bertz CT molecular complexity index is 995. The molecule has 0 fully saturated rings. The van der Waals surface area contributed by atoms with E-state index in [0.717, 1.165) is 11.1 Å². The first-order valence-corrected chi connectivity index (χ1v) is 10.8. The summed E-state index contributed by atoms with van der Waals surface area (Å²) in [5.74, 6) is -0.0813. The molecule has 134 valence electrons. The molecule has 3 rings (SSSR count). The third-order valence-electron chi connectivity index (χ3n) is 3.81. The average molecular weight is 386 g/mol. The van der Waals surface area contributed by atoms with Crippen LogP contribution in [0.3, 0.4) is 0 Å². The van der Waals surface area contributed by atoms with Crippen LogP contribution in [0.15, 0.2) is 64.9 Å². The number of aromatic nitrogens is 1. The Hall–Kier alpha value is -2.51. The summed E-state index contributed by atoms with van der Waals surface area (Å²) in [5, 5.41) is 5.18. The molecule has 1 amide bonds. The van der Waals surface area contributed by atoms with Crippen LogP contribution in [-0.4, -0.2) is 25.6 Å². The van der Waals surface area contributed by atoms with Gasteiger partial charge in [0.15, 0.2) is 15.0 Å². The number of aryl methyl sites for hydroxylation is 1. The lowest BCUT2D eigenvalue weighted by molar-refractivity contribution is -0.116. The molecule has 7 heteroatoms. The van der Waals surface area contributed by atoms with Gasteiger partial charge in [0.2, 0.25) is 5.91 Å². The molecule has 2 aromatic carbocycles. The molecule has 0 unspecified atom stereocenters. The minimum atomic E-state index is -3.22. The fourth-order valence-corrected chi connectivity index (χ4v) is 3.79. The molecule has 0 saturated heterocycles. The zero-order valence-electron chi connectivity index (χ0n) is 14.2. The molecule has 0 radical (unpaired) electrons. The first-order valence-electron chi connectivity index (χ1n) is 8.01. The van der Waals surface area contributed by atoms with Crippen LogP contribution in [-0.2, 0) is 21.1 Å². The van der Waals surface area contributed by atoms with Crippen LogP contribution >= 0.6 is 11.3 Å². The minimum Gasteiger partial charge on any atom is -0.302 e. The van der Waals surface area contributed by atoms with Crippen LogP contribution in [0.1, 0.15) is 12.0 Å². The molecule has 0 aliphatic carbocycles. The predicted octanol–water partition coefficient (Wildman–Crippen LogP) is 3.78. The summed E-state index contributed by atoms with van der Waals surface area (Å²) in [5.41, 5.74) is 2.63. The molecule has 0 bridgehead atoms. The number of hydrogen-bond acceptors (Lipinski definition) is 5. The maximum Gasteiger partial charge on any atom is 0.226 e. The van der Waals surface area contributed by atoms with Gasteiger partial charge in [-0.3, -0.25) is 4.79 Å². The molecule has 0 aliphatic heterocycles. The topological polar surface area (TPSA) is 76.1 Å². The summed E-state index contributed by atoms with van der Waals surface area (Å²) < 4.78 is 23.0. The van der Waals surface area contributed by atoms with Gasteiger partial charge < -0.3 is 5.32 Å². The van der Waals surface area contributed by atoms with Gasteiger partial charge in [0.1, 0.15) is 0 Å². The second kappa shape index (κ2) is 7.80. The van der Waals surface area contributed by atoms with Crippen molar-refractivity contribution in [3.63, 3.8) is 0 Å². The van der Waals surface area contributed by atoms with E-state index in [0.29, 0.717) is 23.7 Å². The highest BCUT2D eigenvalue weighted by Gasteiger charge is 2.10. The summed E-state index contributed by atoms with van der Waals surface area (Å²) in [6.45, 7) is 0. The summed E-state index contributed by atoms with van der Waals surface area (Å²) in [6.07, 6.45) is 2.24. The van der Waals surface area contributed by atoms with Crippen molar-refractivity contribution in [1.29, 1.82) is 0 Å². The lowest BCUT2D eigenvalue weighted by Gasteiger charge is -2.02. The molecule has 0 aliphatic rings. The number of amides is 1. The quantitative estimate of drug-likeness (QED) is 0.699. The van der Waals surface area contributed by atoms with Crippen molar-refractivity contribution in [2.75, 3.05) is 11.6 Å². The normalized spacial score (nSPS) is 11.3. The summed E-state index contributed by atoms with van der Waals surface area (Å²) in [6, 6.07) is 16.4. The highest BCUT2D eigenvalue weighted by atomic mass is 32.2. The van der Waals surface area contributed by atoms with E-state index in [-0.39, 0.29) is 10.8 Å². The molecule has 26 heavy (non-hydrogen) atoms. The second-order valence-electron chi connectivity index (χ2n) is 5.87. The summed E-state index contributed by atoms with van der Waals surface area (Å²) in [7, 11) is -3.22. The van der Waals surface area contributed by atoms with Crippen LogP contribution in [0.5, 0.6) is 0 Å². The number of benzene rings is 2. The molecule has 3 aromatic rings. The first-order chi connectivity index (χ1) is 12.4. The van der Waals surface area contributed by atoms with Gasteiger partial charge in [-0.1, -0.05) is 42.5 Å². The number of anilines is 1. The maximum absolute atomic E-state index is 12.1. The van der Waals surface area contributed by atoms with Gasteiger partial charge in [-0.05, 0) is 24.1 Å². The van der Waals surface area contributed by atoms with Crippen LogP contribution in [0.25, 0.3) is 11.3 Å². The minimum absolute atomic E-state index is 0.0813. The molecule has 0 atom stereocenters. The summed E-state index contributed by atoms with van der Waals surface area (Å²) >= 11 is 1.34. The van der Waals surface area contributed by atoms with E-state index in [2.05, 4.69) is 10.3 Å². The van der Waals surface area contributed by atoms with Crippen LogP contribution < -0.4 is 5.32 Å². The SMILES string of the molecule is CS(=O)(=O)c1ccc(-c2csc(NC(=O)CCc3ccccc3)n2)cc1. The van der Waals surface area contributed by atoms with E-state index in [1.165, 1.54) is 17.6 Å². The molecule has 0 saturated carbocycles. The van der Waals surface area contributed by atoms with E-state index >= 15 is 0 Å². The van der Waals surface area contributed by atoms with E-state index < -0.39 is 9.84 Å². The Morgan fingerprint density at radius 1 is 1.08 bits per heavy atom. The van der Waals surface area contributed by atoms with Crippen LogP contribution in [0, 0.1) is 0 Å². The van der Waals surface area contributed by atoms with Crippen molar-refractivity contribution in [1.82, 2.24) is 4.98 Å². The Balaban J connectivity index is 1.61. The highest BCUT2D eigenvalue weighted by Crippen LogP contribution is 2.26. The largest absolute Gasteiger partial charge is 0.302 e. The van der Waals surface area contributed by atoms with Gasteiger partial charge in [0.25, 0.3) is 0 Å². The molecule has 1 heterocycles. The van der Waals surface area contributed by atoms with Crippen molar-refractivity contribution >= 4 is 32.2 Å². The van der Waals surface area contributed by atoms with Crippen molar-refractivity contribution in [3.05, 3.63) is 65.5 Å². The van der Waals surface area contributed by atoms with E-state index in [1.807, 2.05) is 35.7 Å². The fourth-order valence-electron chi connectivity index (χ4n) is 2.42. The second-order valence-corrected chi connectivity index (χ2v) is 8.74. The van der Waals surface area contributed by atoms with Crippen molar-refractivity contribution < 1.29 is 13.2 Å². The Morgan fingerprint density at radius 2 is 1.77 bits per heavy atom. The van der Waals surface area contributed by atoms with E-state index in [4.69, 9.17) is 0 Å². The van der Waals surface area contributed by atoms with Gasteiger partial charge >= 0.3 is 0 Å². The van der Waals surface area contributed by atoms with Crippen molar-refractivity contribution in [3.8, 4) is 11.3 Å². The highest BCUT2D eigenvalue weighted by molar-refractivity contribution is 7.90. The predicted molar refractivity (Wildman–Crippen MR) is 104 cm³/mol. The van der Waals surface area contributed by atoms with Crippen LogP contribution in [0.2, 0.25) is 0 Å². The van der Waals surface area contributed by atoms with E-state index in [1.54, 1.807) is 24.3 Å². The number of rotatable bonds is 6.